The Bertz CT molecular complexity index is 1080. The van der Waals surface area contributed by atoms with E-state index in [9.17, 15) is 4.79 Å². The molecule has 4 rings (SSSR count). The Kier molecular flexibility index (Phi) is 5.98. The fourth-order valence-corrected chi connectivity index (χ4v) is 3.88. The number of rotatable bonds is 7. The monoisotopic (exact) mass is 399 g/mol. The van der Waals surface area contributed by atoms with Crippen molar-refractivity contribution >= 4 is 23.3 Å². The predicted molar refractivity (Wildman–Crippen MR) is 118 cm³/mol. The Hall–Kier alpha value is -3.44. The third-order valence-corrected chi connectivity index (χ3v) is 5.60. The molecule has 0 aliphatic carbocycles. The normalized spacial score (nSPS) is 11.0. The molecule has 2 heterocycles. The second kappa shape index (κ2) is 9.17. The zero-order chi connectivity index (χ0) is 19.9. The van der Waals surface area contributed by atoms with E-state index in [-0.39, 0.29) is 5.91 Å². The summed E-state index contributed by atoms with van der Waals surface area (Å²) in [5.41, 5.74) is 3.46. The van der Waals surface area contributed by atoms with E-state index in [4.69, 9.17) is 0 Å². The lowest BCUT2D eigenvalue weighted by molar-refractivity contribution is -0.116. The Labute approximate surface area is 174 Å². The molecule has 0 atom stereocenters. The number of hydrogen-bond acceptors (Lipinski definition) is 3. The van der Waals surface area contributed by atoms with E-state index >= 15 is 0 Å². The molecule has 5 heteroatoms. The van der Waals surface area contributed by atoms with E-state index in [1.165, 1.54) is 16.0 Å². The number of nitrogens with zero attached hydrogens (tertiary/aromatic N) is 2. The number of carbonyl (C=O) groups excluding carboxylic acids is 1. The molecule has 4 nitrogen and oxygen atoms in total. The molecule has 144 valence electrons. The number of nitrogens with one attached hydrogen (secondary N) is 1. The van der Waals surface area contributed by atoms with Crippen molar-refractivity contribution in [2.75, 3.05) is 0 Å². The predicted octanol–water partition coefficient (Wildman–Crippen LogP) is 4.99. The van der Waals surface area contributed by atoms with Crippen molar-refractivity contribution in [1.82, 2.24) is 14.9 Å². The maximum Gasteiger partial charge on any atom is 0.244 e. The van der Waals surface area contributed by atoms with Crippen LogP contribution in [0, 0.1) is 0 Å². The van der Waals surface area contributed by atoms with Gasteiger partial charge in [0.25, 0.3) is 0 Å². The molecule has 0 unspecified atom stereocenters. The standard InChI is InChI=1S/C24H21N3OS/c28-24(13-11-22-10-12-23(29-22)21-4-2-1-3-5-21)26-16-19-6-8-20(9-7-19)17-27-15-14-25-18-27/h1-15,18H,16-17H2,(H,26,28)/b13-11+. The molecule has 0 bridgehead atoms. The van der Waals surface area contributed by atoms with Gasteiger partial charge in [-0.25, -0.2) is 4.98 Å². The topological polar surface area (TPSA) is 46.9 Å². The van der Waals surface area contributed by atoms with Gasteiger partial charge < -0.3 is 9.88 Å². The summed E-state index contributed by atoms with van der Waals surface area (Å²) in [6, 6.07) is 22.6. The number of imidazole rings is 1. The van der Waals surface area contributed by atoms with Gasteiger partial charge in [0.1, 0.15) is 0 Å². The lowest BCUT2D eigenvalue weighted by atomic mass is 10.1. The maximum atomic E-state index is 12.1. The molecule has 29 heavy (non-hydrogen) atoms. The first-order chi connectivity index (χ1) is 14.3. The van der Waals surface area contributed by atoms with Crippen molar-refractivity contribution in [2.24, 2.45) is 0 Å². The fraction of sp³-hybridized carbons (Fsp3) is 0.0833. The summed E-state index contributed by atoms with van der Waals surface area (Å²) in [7, 11) is 0. The van der Waals surface area contributed by atoms with Crippen LogP contribution in [0.25, 0.3) is 16.5 Å². The Morgan fingerprint density at radius 3 is 2.55 bits per heavy atom. The molecular formula is C24H21N3OS. The van der Waals surface area contributed by atoms with Crippen LogP contribution in [0.3, 0.4) is 0 Å². The van der Waals surface area contributed by atoms with Gasteiger partial charge in [-0.1, -0.05) is 54.6 Å². The number of thiophene rings is 1. The van der Waals surface area contributed by atoms with E-state index in [0.29, 0.717) is 6.54 Å². The SMILES string of the molecule is O=C(/C=C/c1ccc(-c2ccccc2)s1)NCc1ccc(Cn2ccnc2)cc1. The summed E-state index contributed by atoms with van der Waals surface area (Å²) in [6.07, 6.45) is 8.97. The van der Waals surface area contributed by atoms with Crippen LogP contribution in [0.4, 0.5) is 0 Å². The summed E-state index contributed by atoms with van der Waals surface area (Å²) in [6.45, 7) is 1.30. The molecule has 0 saturated heterocycles. The van der Waals surface area contributed by atoms with Crippen molar-refractivity contribution in [2.45, 2.75) is 13.1 Å². The number of carbonyl (C=O) groups is 1. The average Bonchev–Trinajstić information content (AvgIpc) is 3.45. The number of amides is 1. The minimum Gasteiger partial charge on any atom is -0.348 e. The van der Waals surface area contributed by atoms with Gasteiger partial charge in [-0.05, 0) is 34.9 Å². The van der Waals surface area contributed by atoms with Gasteiger partial charge in [-0.15, -0.1) is 11.3 Å². The molecule has 0 aliphatic rings. The second-order valence-corrected chi connectivity index (χ2v) is 7.79. The van der Waals surface area contributed by atoms with Crippen LogP contribution in [0.1, 0.15) is 16.0 Å². The molecule has 2 aromatic carbocycles. The van der Waals surface area contributed by atoms with Crippen molar-refractivity contribution in [3.63, 3.8) is 0 Å². The molecule has 4 aromatic rings. The van der Waals surface area contributed by atoms with Crippen LogP contribution in [-0.2, 0) is 17.9 Å². The average molecular weight is 400 g/mol. The molecule has 0 spiro atoms. The van der Waals surface area contributed by atoms with E-state index in [2.05, 4.69) is 40.6 Å². The minimum atomic E-state index is -0.0952. The largest absolute Gasteiger partial charge is 0.348 e. The third-order valence-electron chi connectivity index (χ3n) is 4.50. The summed E-state index contributed by atoms with van der Waals surface area (Å²) >= 11 is 1.67. The zero-order valence-corrected chi connectivity index (χ0v) is 16.7. The highest BCUT2D eigenvalue weighted by Crippen LogP contribution is 2.28. The first-order valence-corrected chi connectivity index (χ1v) is 10.2. The van der Waals surface area contributed by atoms with Gasteiger partial charge in [0.2, 0.25) is 5.91 Å². The summed E-state index contributed by atoms with van der Waals surface area (Å²) in [5.74, 6) is -0.0952. The van der Waals surface area contributed by atoms with Crippen LogP contribution >= 0.6 is 11.3 Å². The first kappa shape index (κ1) is 18.9. The number of hydrogen-bond donors (Lipinski definition) is 1. The van der Waals surface area contributed by atoms with Gasteiger partial charge in [-0.3, -0.25) is 4.79 Å². The van der Waals surface area contributed by atoms with E-state index in [0.717, 1.165) is 17.0 Å². The van der Waals surface area contributed by atoms with Crippen LogP contribution in [-0.4, -0.2) is 15.5 Å². The summed E-state index contributed by atoms with van der Waals surface area (Å²) in [5, 5.41) is 2.94. The highest BCUT2D eigenvalue weighted by molar-refractivity contribution is 7.16. The van der Waals surface area contributed by atoms with Crippen LogP contribution in [0.2, 0.25) is 0 Å². The van der Waals surface area contributed by atoms with Crippen molar-refractivity contribution in [3.8, 4) is 10.4 Å². The highest BCUT2D eigenvalue weighted by Gasteiger charge is 2.02. The second-order valence-electron chi connectivity index (χ2n) is 6.67. The molecule has 0 aliphatic heterocycles. The van der Waals surface area contributed by atoms with E-state index in [1.54, 1.807) is 29.9 Å². The molecular weight excluding hydrogens is 378 g/mol. The van der Waals surface area contributed by atoms with E-state index < -0.39 is 0 Å². The number of benzene rings is 2. The van der Waals surface area contributed by atoms with Crippen molar-refractivity contribution in [3.05, 3.63) is 108 Å². The first-order valence-electron chi connectivity index (χ1n) is 9.41. The van der Waals surface area contributed by atoms with Gasteiger partial charge >= 0.3 is 0 Å². The molecule has 1 N–H and O–H groups in total. The van der Waals surface area contributed by atoms with Crippen LogP contribution < -0.4 is 5.32 Å². The quantitative estimate of drug-likeness (QED) is 0.445. The van der Waals surface area contributed by atoms with Gasteiger partial charge in [0, 0.05) is 41.3 Å². The van der Waals surface area contributed by atoms with E-state index in [1.807, 2.05) is 53.2 Å². The smallest absolute Gasteiger partial charge is 0.244 e. The van der Waals surface area contributed by atoms with Crippen LogP contribution in [0.5, 0.6) is 0 Å². The molecule has 0 saturated carbocycles. The summed E-state index contributed by atoms with van der Waals surface area (Å²) < 4.78 is 2.02. The van der Waals surface area contributed by atoms with Gasteiger partial charge in [0.05, 0.1) is 6.33 Å². The number of aromatic nitrogens is 2. The van der Waals surface area contributed by atoms with Gasteiger partial charge in [0.15, 0.2) is 0 Å². The van der Waals surface area contributed by atoms with Crippen LogP contribution in [0.15, 0.2) is 91.5 Å². The molecule has 1 amide bonds. The Balaban J connectivity index is 1.28. The molecule has 0 radical (unpaired) electrons. The van der Waals surface area contributed by atoms with Crippen molar-refractivity contribution < 1.29 is 4.79 Å². The van der Waals surface area contributed by atoms with Gasteiger partial charge in [-0.2, -0.15) is 0 Å². The fourth-order valence-electron chi connectivity index (χ4n) is 2.96. The zero-order valence-electron chi connectivity index (χ0n) is 15.9. The van der Waals surface area contributed by atoms with Crippen molar-refractivity contribution in [1.29, 1.82) is 0 Å². The highest BCUT2D eigenvalue weighted by atomic mass is 32.1. The third kappa shape index (κ3) is 5.30. The lowest BCUT2D eigenvalue weighted by Crippen LogP contribution is -2.20. The molecule has 2 aromatic heterocycles. The summed E-state index contributed by atoms with van der Waals surface area (Å²) in [4.78, 5) is 18.4. The lowest BCUT2D eigenvalue weighted by Gasteiger charge is -2.06. The maximum absolute atomic E-state index is 12.1. The Morgan fingerprint density at radius 1 is 1.00 bits per heavy atom. The molecule has 0 fully saturated rings. The Morgan fingerprint density at radius 2 is 1.79 bits per heavy atom. The minimum absolute atomic E-state index is 0.0952.